The molecule has 0 bridgehead atoms. The second-order valence-electron chi connectivity index (χ2n) is 6.93. The van der Waals surface area contributed by atoms with Gasteiger partial charge >= 0.3 is 6.09 Å². The Hall–Kier alpha value is -1.78. The molecule has 1 aliphatic heterocycles. The third-order valence-corrected chi connectivity index (χ3v) is 3.69. The number of nitrogens with one attached hydrogen (secondary N) is 1. The van der Waals surface area contributed by atoms with Gasteiger partial charge in [-0.25, -0.2) is 9.78 Å². The van der Waals surface area contributed by atoms with Crippen molar-refractivity contribution >= 4 is 11.9 Å². The van der Waals surface area contributed by atoms with Crippen LogP contribution in [-0.4, -0.2) is 40.7 Å². The van der Waals surface area contributed by atoms with E-state index in [1.807, 2.05) is 50.9 Å². The predicted octanol–water partition coefficient (Wildman–Crippen LogP) is 3.59. The molecule has 1 aromatic heterocycles. The molecule has 0 saturated carbocycles. The highest BCUT2D eigenvalue weighted by molar-refractivity contribution is 5.68. The highest BCUT2D eigenvalue weighted by atomic mass is 16.6. The quantitative estimate of drug-likeness (QED) is 0.927. The van der Waals surface area contributed by atoms with Crippen molar-refractivity contribution in [1.82, 2.24) is 9.88 Å². The number of piperidine rings is 1. The number of hydrogen-bond donors (Lipinski definition) is 1. The number of anilines is 1. The number of amides is 1. The molecule has 1 aliphatic rings. The minimum atomic E-state index is -0.453. The first-order valence-corrected chi connectivity index (χ1v) is 8.01. The van der Waals surface area contributed by atoms with Crippen LogP contribution in [0.5, 0.6) is 0 Å². The highest BCUT2D eigenvalue weighted by Gasteiger charge is 2.30. The molecule has 5 nitrogen and oxygen atoms in total. The second-order valence-corrected chi connectivity index (χ2v) is 6.93. The van der Waals surface area contributed by atoms with Crippen molar-refractivity contribution < 1.29 is 9.53 Å². The van der Waals surface area contributed by atoms with Gasteiger partial charge in [0.05, 0.1) is 6.04 Å². The first kappa shape index (κ1) is 16.6. The lowest BCUT2D eigenvalue weighted by molar-refractivity contribution is 0.0114. The summed E-state index contributed by atoms with van der Waals surface area (Å²) in [5, 5.41) is 3.33. The normalized spacial score (nSPS) is 18.9. The van der Waals surface area contributed by atoms with Crippen molar-refractivity contribution in [1.29, 1.82) is 0 Å². The Labute approximate surface area is 133 Å². The van der Waals surface area contributed by atoms with E-state index in [1.165, 1.54) is 0 Å². The van der Waals surface area contributed by atoms with Crippen LogP contribution in [0.15, 0.2) is 18.3 Å². The minimum Gasteiger partial charge on any atom is -0.444 e. The summed E-state index contributed by atoms with van der Waals surface area (Å²) < 4.78 is 5.52. The Bertz CT molecular complexity index is 494. The van der Waals surface area contributed by atoms with E-state index >= 15 is 0 Å². The fourth-order valence-electron chi connectivity index (χ4n) is 2.57. The SMILES string of the molecule is Cc1ccc(NCC2CCCCN2C(=O)OC(C)(C)C)nc1. The topological polar surface area (TPSA) is 54.5 Å². The number of rotatable bonds is 3. The van der Waals surface area contributed by atoms with Gasteiger partial charge in [-0.15, -0.1) is 0 Å². The van der Waals surface area contributed by atoms with Crippen LogP contribution in [0.25, 0.3) is 0 Å². The van der Waals surface area contributed by atoms with E-state index < -0.39 is 5.60 Å². The second kappa shape index (κ2) is 6.99. The summed E-state index contributed by atoms with van der Waals surface area (Å²) in [5.41, 5.74) is 0.684. The molecule has 2 heterocycles. The maximum atomic E-state index is 12.3. The predicted molar refractivity (Wildman–Crippen MR) is 88.0 cm³/mol. The number of carbonyl (C=O) groups is 1. The first-order valence-electron chi connectivity index (χ1n) is 8.01. The van der Waals surface area contributed by atoms with Crippen molar-refractivity contribution in [3.8, 4) is 0 Å². The lowest BCUT2D eigenvalue weighted by Crippen LogP contribution is -2.48. The summed E-state index contributed by atoms with van der Waals surface area (Å²) in [4.78, 5) is 18.5. The average Bonchev–Trinajstić information content (AvgIpc) is 2.45. The smallest absolute Gasteiger partial charge is 0.410 e. The summed E-state index contributed by atoms with van der Waals surface area (Å²) in [6.07, 6.45) is 4.81. The minimum absolute atomic E-state index is 0.159. The Morgan fingerprint density at radius 2 is 2.18 bits per heavy atom. The lowest BCUT2D eigenvalue weighted by atomic mass is 10.0. The molecule has 0 aromatic carbocycles. The molecule has 5 heteroatoms. The summed E-state index contributed by atoms with van der Waals surface area (Å²) in [6, 6.07) is 4.16. The van der Waals surface area contributed by atoms with E-state index in [2.05, 4.69) is 10.3 Å². The van der Waals surface area contributed by atoms with Gasteiger partial charge in [0, 0.05) is 19.3 Å². The molecule has 1 N–H and O–H groups in total. The standard InChI is InChI=1S/C17H27N3O2/c1-13-8-9-15(18-11-13)19-12-14-7-5-6-10-20(14)16(21)22-17(2,3)4/h8-9,11,14H,5-7,10,12H2,1-4H3,(H,18,19). The van der Waals surface area contributed by atoms with Crippen LogP contribution < -0.4 is 5.32 Å². The van der Waals surface area contributed by atoms with E-state index in [4.69, 9.17) is 4.74 Å². The molecular formula is C17H27N3O2. The summed E-state index contributed by atoms with van der Waals surface area (Å²) in [5.74, 6) is 0.848. The van der Waals surface area contributed by atoms with Gasteiger partial charge < -0.3 is 15.0 Å². The van der Waals surface area contributed by atoms with Crippen LogP contribution >= 0.6 is 0 Å². The number of nitrogens with zero attached hydrogens (tertiary/aromatic N) is 2. The lowest BCUT2D eigenvalue weighted by Gasteiger charge is -2.36. The molecule has 0 spiro atoms. The average molecular weight is 305 g/mol. The van der Waals surface area contributed by atoms with Crippen LogP contribution in [0.2, 0.25) is 0 Å². The largest absolute Gasteiger partial charge is 0.444 e. The van der Waals surface area contributed by atoms with Crippen LogP contribution in [0, 0.1) is 6.92 Å². The van der Waals surface area contributed by atoms with Gasteiger partial charge in [0.25, 0.3) is 0 Å². The maximum Gasteiger partial charge on any atom is 0.410 e. The molecule has 0 aliphatic carbocycles. The zero-order valence-electron chi connectivity index (χ0n) is 14.1. The van der Waals surface area contributed by atoms with Gasteiger partial charge in [-0.3, -0.25) is 0 Å². The molecule has 22 heavy (non-hydrogen) atoms. The summed E-state index contributed by atoms with van der Waals surface area (Å²) >= 11 is 0. The van der Waals surface area contributed by atoms with Crippen molar-refractivity contribution in [3.05, 3.63) is 23.9 Å². The molecule has 1 unspecified atom stereocenters. The van der Waals surface area contributed by atoms with Crippen molar-refractivity contribution in [2.75, 3.05) is 18.4 Å². The Morgan fingerprint density at radius 3 is 2.82 bits per heavy atom. The fourth-order valence-corrected chi connectivity index (χ4v) is 2.57. The molecule has 1 aromatic rings. The van der Waals surface area contributed by atoms with Crippen LogP contribution in [0.3, 0.4) is 0 Å². The van der Waals surface area contributed by atoms with Crippen molar-refractivity contribution in [3.63, 3.8) is 0 Å². The van der Waals surface area contributed by atoms with Gasteiger partial charge in [-0.2, -0.15) is 0 Å². The zero-order chi connectivity index (χ0) is 16.2. The first-order chi connectivity index (χ1) is 10.3. The number of aromatic nitrogens is 1. The number of aryl methyl sites for hydroxylation is 1. The monoisotopic (exact) mass is 305 g/mol. The van der Waals surface area contributed by atoms with Gasteiger partial charge in [0.1, 0.15) is 11.4 Å². The molecule has 122 valence electrons. The van der Waals surface area contributed by atoms with Gasteiger partial charge in [-0.05, 0) is 58.6 Å². The number of ether oxygens (including phenoxy) is 1. The highest BCUT2D eigenvalue weighted by Crippen LogP contribution is 2.20. The third-order valence-electron chi connectivity index (χ3n) is 3.69. The summed E-state index contributed by atoms with van der Waals surface area (Å²) in [6.45, 7) is 9.19. The number of pyridine rings is 1. The molecule has 2 rings (SSSR count). The van der Waals surface area contributed by atoms with Crippen LogP contribution in [-0.2, 0) is 4.74 Å². The zero-order valence-corrected chi connectivity index (χ0v) is 14.1. The van der Waals surface area contributed by atoms with Gasteiger partial charge in [0.2, 0.25) is 0 Å². The Morgan fingerprint density at radius 1 is 1.41 bits per heavy atom. The van der Waals surface area contributed by atoms with Crippen molar-refractivity contribution in [2.24, 2.45) is 0 Å². The van der Waals surface area contributed by atoms with Crippen LogP contribution in [0.4, 0.5) is 10.6 Å². The number of hydrogen-bond acceptors (Lipinski definition) is 4. The van der Waals surface area contributed by atoms with E-state index in [0.29, 0.717) is 6.54 Å². The molecular weight excluding hydrogens is 278 g/mol. The van der Waals surface area contributed by atoms with Gasteiger partial charge in [0.15, 0.2) is 0 Å². The fraction of sp³-hybridized carbons (Fsp3) is 0.647. The molecule has 1 fully saturated rings. The Balaban J connectivity index is 1.94. The molecule has 1 saturated heterocycles. The van der Waals surface area contributed by atoms with Crippen molar-refractivity contribution in [2.45, 2.75) is 58.6 Å². The molecule has 1 atom stereocenters. The molecule has 0 radical (unpaired) electrons. The number of carbonyl (C=O) groups excluding carboxylic acids is 1. The Kier molecular flexibility index (Phi) is 5.27. The number of likely N-dealkylation sites (tertiary alicyclic amines) is 1. The van der Waals surface area contributed by atoms with E-state index in [1.54, 1.807) is 0 Å². The van der Waals surface area contributed by atoms with Gasteiger partial charge in [-0.1, -0.05) is 6.07 Å². The summed E-state index contributed by atoms with van der Waals surface area (Å²) in [7, 11) is 0. The van der Waals surface area contributed by atoms with E-state index in [9.17, 15) is 4.79 Å². The third kappa shape index (κ3) is 4.90. The van der Waals surface area contributed by atoms with Crippen LogP contribution in [0.1, 0.15) is 45.6 Å². The molecule has 1 amide bonds. The van der Waals surface area contributed by atoms with E-state index in [0.717, 1.165) is 37.2 Å². The maximum absolute atomic E-state index is 12.3. The van der Waals surface area contributed by atoms with E-state index in [-0.39, 0.29) is 12.1 Å².